The summed E-state index contributed by atoms with van der Waals surface area (Å²) in [6.07, 6.45) is 3.00. The van der Waals surface area contributed by atoms with Gasteiger partial charge in [0, 0.05) is 19.5 Å². The van der Waals surface area contributed by atoms with Gasteiger partial charge in [0.15, 0.2) is 5.17 Å². The van der Waals surface area contributed by atoms with Crippen molar-refractivity contribution in [2.24, 2.45) is 10.1 Å². The standard InChI is InChI=1S/C31H30N4O2S/c1-21-19-34(20-22(2)37-21)31-32-30(36)29(38-31)17-23-13-15-26(16-14-23)35-28(25-11-7-4-8-12-25)18-27(33-35)24-9-5-3-6-10-24/h3-17,21-22,28H,18-20H2,1-2H3/b29-17+. The molecule has 6 rings (SSSR count). The van der Waals surface area contributed by atoms with Gasteiger partial charge in [-0.25, -0.2) is 0 Å². The third-order valence-electron chi connectivity index (χ3n) is 6.96. The van der Waals surface area contributed by atoms with Crippen LogP contribution in [0.4, 0.5) is 5.69 Å². The number of ether oxygens (including phenoxy) is 1. The minimum Gasteiger partial charge on any atom is -0.372 e. The van der Waals surface area contributed by atoms with Crippen molar-refractivity contribution in [3.63, 3.8) is 0 Å². The molecule has 0 bridgehead atoms. The fourth-order valence-electron chi connectivity index (χ4n) is 5.23. The zero-order chi connectivity index (χ0) is 26.1. The van der Waals surface area contributed by atoms with Gasteiger partial charge in [0.1, 0.15) is 0 Å². The molecule has 3 aliphatic heterocycles. The highest BCUT2D eigenvalue weighted by Crippen LogP contribution is 2.37. The first kappa shape index (κ1) is 24.6. The first-order valence-electron chi connectivity index (χ1n) is 13.0. The van der Waals surface area contributed by atoms with E-state index in [0.717, 1.165) is 47.2 Å². The molecular weight excluding hydrogens is 492 g/mol. The van der Waals surface area contributed by atoms with Crippen LogP contribution in [0.25, 0.3) is 6.08 Å². The van der Waals surface area contributed by atoms with Gasteiger partial charge in [-0.15, -0.1) is 0 Å². The second kappa shape index (κ2) is 10.6. The summed E-state index contributed by atoms with van der Waals surface area (Å²) >= 11 is 1.45. The highest BCUT2D eigenvalue weighted by molar-refractivity contribution is 8.18. The van der Waals surface area contributed by atoms with E-state index in [2.05, 4.69) is 89.4 Å². The molecule has 3 aromatic rings. The number of amides is 1. The average molecular weight is 523 g/mol. The van der Waals surface area contributed by atoms with Gasteiger partial charge >= 0.3 is 0 Å². The second-order valence-electron chi connectivity index (χ2n) is 9.95. The van der Waals surface area contributed by atoms with E-state index in [-0.39, 0.29) is 24.2 Å². The predicted molar refractivity (Wildman–Crippen MR) is 155 cm³/mol. The number of hydrogen-bond acceptors (Lipinski definition) is 6. The van der Waals surface area contributed by atoms with Crippen LogP contribution in [-0.4, -0.2) is 47.0 Å². The third-order valence-corrected chi connectivity index (χ3v) is 8.00. The van der Waals surface area contributed by atoms with Gasteiger partial charge in [0.05, 0.1) is 34.6 Å². The summed E-state index contributed by atoms with van der Waals surface area (Å²) in [6.45, 7) is 5.60. The second-order valence-corrected chi connectivity index (χ2v) is 11.0. The van der Waals surface area contributed by atoms with E-state index in [1.807, 2.05) is 30.3 Å². The Balaban J connectivity index is 1.22. The number of thioether (sulfide) groups is 1. The molecule has 0 aromatic heterocycles. The minimum atomic E-state index is -0.179. The summed E-state index contributed by atoms with van der Waals surface area (Å²) in [5, 5.41) is 7.93. The molecule has 3 atom stereocenters. The predicted octanol–water partition coefficient (Wildman–Crippen LogP) is 6.12. The van der Waals surface area contributed by atoms with Gasteiger partial charge in [0.2, 0.25) is 0 Å². The number of hydrazone groups is 1. The molecule has 3 heterocycles. The van der Waals surface area contributed by atoms with E-state index in [4.69, 9.17) is 9.84 Å². The van der Waals surface area contributed by atoms with Gasteiger partial charge in [-0.2, -0.15) is 10.1 Å². The molecule has 0 spiro atoms. The molecule has 1 fully saturated rings. The molecule has 0 radical (unpaired) electrons. The maximum Gasteiger partial charge on any atom is 0.286 e. The van der Waals surface area contributed by atoms with Crippen molar-refractivity contribution in [3.8, 4) is 0 Å². The van der Waals surface area contributed by atoms with Crippen molar-refractivity contribution in [2.45, 2.75) is 38.5 Å². The molecule has 0 saturated carbocycles. The Morgan fingerprint density at radius 2 is 1.55 bits per heavy atom. The van der Waals surface area contributed by atoms with E-state index in [1.165, 1.54) is 17.3 Å². The number of carbonyl (C=O) groups is 1. The van der Waals surface area contributed by atoms with Crippen LogP contribution in [0.3, 0.4) is 0 Å². The molecule has 3 unspecified atom stereocenters. The van der Waals surface area contributed by atoms with Crippen LogP contribution in [-0.2, 0) is 9.53 Å². The van der Waals surface area contributed by atoms with Crippen molar-refractivity contribution < 1.29 is 9.53 Å². The summed E-state index contributed by atoms with van der Waals surface area (Å²) in [6, 6.07) is 29.3. The molecule has 1 amide bonds. The van der Waals surface area contributed by atoms with Crippen molar-refractivity contribution in [3.05, 3.63) is 107 Å². The fraction of sp³-hybridized carbons (Fsp3) is 0.258. The van der Waals surface area contributed by atoms with E-state index < -0.39 is 0 Å². The van der Waals surface area contributed by atoms with E-state index >= 15 is 0 Å². The molecule has 6 nitrogen and oxygen atoms in total. The number of nitrogens with zero attached hydrogens (tertiary/aromatic N) is 4. The molecule has 38 heavy (non-hydrogen) atoms. The Kier molecular flexibility index (Phi) is 6.87. The van der Waals surface area contributed by atoms with Gasteiger partial charge in [0.25, 0.3) is 5.91 Å². The molecule has 3 aromatic carbocycles. The van der Waals surface area contributed by atoms with Crippen molar-refractivity contribution >= 4 is 40.3 Å². The fourth-order valence-corrected chi connectivity index (χ4v) is 6.16. The first-order valence-corrected chi connectivity index (χ1v) is 13.9. The smallest absolute Gasteiger partial charge is 0.286 e. The minimum absolute atomic E-state index is 0.119. The molecule has 0 aliphatic carbocycles. The maximum absolute atomic E-state index is 12.7. The lowest BCUT2D eigenvalue weighted by Gasteiger charge is -2.35. The van der Waals surface area contributed by atoms with Gasteiger partial charge in [-0.3, -0.25) is 9.80 Å². The number of amidine groups is 1. The lowest BCUT2D eigenvalue weighted by molar-refractivity contribution is -0.113. The Morgan fingerprint density at radius 1 is 0.895 bits per heavy atom. The zero-order valence-electron chi connectivity index (χ0n) is 21.5. The van der Waals surface area contributed by atoms with Crippen LogP contribution in [0.1, 0.15) is 43.0 Å². The summed E-state index contributed by atoms with van der Waals surface area (Å²) in [7, 11) is 0. The largest absolute Gasteiger partial charge is 0.372 e. The third kappa shape index (κ3) is 5.17. The number of rotatable bonds is 4. The number of carbonyl (C=O) groups excluding carboxylic acids is 1. The van der Waals surface area contributed by atoms with Gasteiger partial charge in [-0.1, -0.05) is 72.8 Å². The summed E-state index contributed by atoms with van der Waals surface area (Å²) in [5.74, 6) is -0.179. The molecule has 1 saturated heterocycles. The van der Waals surface area contributed by atoms with Crippen LogP contribution in [0.5, 0.6) is 0 Å². The molecule has 7 heteroatoms. The topological polar surface area (TPSA) is 57.5 Å². The van der Waals surface area contributed by atoms with Crippen molar-refractivity contribution in [1.82, 2.24) is 4.90 Å². The molecule has 0 N–H and O–H groups in total. The van der Waals surface area contributed by atoms with Crippen molar-refractivity contribution in [1.29, 1.82) is 0 Å². The van der Waals surface area contributed by atoms with Gasteiger partial charge < -0.3 is 9.64 Å². The number of hydrogen-bond donors (Lipinski definition) is 0. The Labute approximate surface area is 227 Å². The first-order chi connectivity index (χ1) is 18.5. The number of benzene rings is 3. The van der Waals surface area contributed by atoms with Crippen LogP contribution in [0, 0.1) is 0 Å². The van der Waals surface area contributed by atoms with Crippen LogP contribution >= 0.6 is 11.8 Å². The molecule has 192 valence electrons. The lowest BCUT2D eigenvalue weighted by Crippen LogP contribution is -2.47. The number of aliphatic imine (C=N–C) groups is 1. The van der Waals surface area contributed by atoms with Crippen LogP contribution < -0.4 is 5.01 Å². The van der Waals surface area contributed by atoms with Crippen molar-refractivity contribution in [2.75, 3.05) is 18.1 Å². The Morgan fingerprint density at radius 3 is 2.24 bits per heavy atom. The Hall–Kier alpha value is -3.68. The summed E-state index contributed by atoms with van der Waals surface area (Å²) in [4.78, 5) is 19.8. The normalized spacial score (nSPS) is 24.6. The van der Waals surface area contributed by atoms with E-state index in [1.54, 1.807) is 0 Å². The lowest BCUT2D eigenvalue weighted by atomic mass is 9.98. The monoisotopic (exact) mass is 522 g/mol. The molecule has 3 aliphatic rings. The quantitative estimate of drug-likeness (QED) is 0.386. The number of morpholine rings is 1. The number of anilines is 1. The summed E-state index contributed by atoms with van der Waals surface area (Å²) < 4.78 is 5.83. The van der Waals surface area contributed by atoms with Gasteiger partial charge in [-0.05, 0) is 60.5 Å². The maximum atomic E-state index is 12.7. The zero-order valence-corrected chi connectivity index (χ0v) is 22.3. The highest BCUT2D eigenvalue weighted by Gasteiger charge is 2.32. The molecular formula is C31H30N4O2S. The van der Waals surface area contributed by atoms with Crippen LogP contribution in [0.15, 0.2) is 99.9 Å². The SMILES string of the molecule is CC1CN(C2=NC(=O)/C(=C\c3ccc(N4N=C(c5ccccc5)CC4c4ccccc4)cc3)S2)CC(C)O1. The Bertz CT molecular complexity index is 1390. The van der Waals surface area contributed by atoms with Crippen LogP contribution in [0.2, 0.25) is 0 Å². The highest BCUT2D eigenvalue weighted by atomic mass is 32.2. The van der Waals surface area contributed by atoms with E-state index in [0.29, 0.717) is 4.91 Å². The summed E-state index contributed by atoms with van der Waals surface area (Å²) in [5.41, 5.74) is 5.44. The van der Waals surface area contributed by atoms with E-state index in [9.17, 15) is 4.79 Å². The average Bonchev–Trinajstić information content (AvgIpc) is 3.54.